The van der Waals surface area contributed by atoms with Gasteiger partial charge >= 0.3 is 0 Å². The van der Waals surface area contributed by atoms with Crippen LogP contribution in [0.4, 0.5) is 0 Å². The van der Waals surface area contributed by atoms with Crippen LogP contribution in [0.3, 0.4) is 0 Å². The van der Waals surface area contributed by atoms with Crippen LogP contribution in [0.5, 0.6) is 11.5 Å². The van der Waals surface area contributed by atoms with E-state index in [1.54, 1.807) is 6.07 Å². The van der Waals surface area contributed by atoms with Crippen molar-refractivity contribution in [1.29, 1.82) is 0 Å². The number of benzene rings is 6. The number of aromatic nitrogens is 1. The minimum atomic E-state index is -3.95. The first-order chi connectivity index (χ1) is 20.6. The van der Waals surface area contributed by atoms with E-state index in [2.05, 4.69) is 34.9 Å². The summed E-state index contributed by atoms with van der Waals surface area (Å²) in [5, 5.41) is 1.91. The minimum absolute atomic E-state index is 0.321. The van der Waals surface area contributed by atoms with Crippen molar-refractivity contribution < 1.29 is 13.2 Å². The Morgan fingerprint density at radius 2 is 1.12 bits per heavy atom. The third-order valence-corrected chi connectivity index (χ3v) is 10.7. The zero-order chi connectivity index (χ0) is 28.1. The molecule has 200 valence electrons. The van der Waals surface area contributed by atoms with Crippen molar-refractivity contribution in [1.82, 2.24) is 4.57 Å². The van der Waals surface area contributed by atoms with Crippen molar-refractivity contribution >= 4 is 31.6 Å². The van der Waals surface area contributed by atoms with Crippen molar-refractivity contribution in [2.45, 2.75) is 15.2 Å². The van der Waals surface area contributed by atoms with Crippen LogP contribution in [-0.4, -0.2) is 13.0 Å². The third-order valence-electron chi connectivity index (χ3n) is 8.86. The Morgan fingerprint density at radius 1 is 0.524 bits per heavy atom. The molecule has 0 aliphatic carbocycles. The molecule has 2 aliphatic rings. The number of hydrogen-bond donors (Lipinski definition) is 0. The summed E-state index contributed by atoms with van der Waals surface area (Å²) in [6.45, 7) is 0. The summed E-state index contributed by atoms with van der Waals surface area (Å²) in [6, 6.07) is 45.8. The Balaban J connectivity index is 1.57. The topological polar surface area (TPSA) is 48.3 Å². The predicted molar refractivity (Wildman–Crippen MR) is 165 cm³/mol. The van der Waals surface area contributed by atoms with Crippen molar-refractivity contribution in [2.24, 2.45) is 0 Å². The van der Waals surface area contributed by atoms with E-state index < -0.39 is 15.3 Å². The molecule has 0 unspecified atom stereocenters. The molecule has 6 aromatic carbocycles. The van der Waals surface area contributed by atoms with Crippen LogP contribution in [-0.2, 0) is 15.3 Å². The maximum absolute atomic E-state index is 15.0. The van der Waals surface area contributed by atoms with Gasteiger partial charge in [0.2, 0.25) is 9.84 Å². The summed E-state index contributed by atoms with van der Waals surface area (Å²) in [4.78, 5) is 0.659. The Hall–Kier alpha value is -5.13. The Bertz CT molecular complexity index is 2310. The highest BCUT2D eigenvalue weighted by Crippen LogP contribution is 2.61. The molecule has 7 aromatic rings. The van der Waals surface area contributed by atoms with E-state index >= 15 is 0 Å². The normalized spacial score (nSPS) is 15.4. The van der Waals surface area contributed by atoms with Gasteiger partial charge in [0.05, 0.1) is 21.3 Å². The number of nitrogens with zero attached hydrogens (tertiary/aromatic N) is 1. The second kappa shape index (κ2) is 8.21. The Morgan fingerprint density at radius 3 is 1.86 bits per heavy atom. The quantitative estimate of drug-likeness (QED) is 0.202. The van der Waals surface area contributed by atoms with Gasteiger partial charge < -0.3 is 9.30 Å². The van der Waals surface area contributed by atoms with Crippen molar-refractivity contribution in [2.75, 3.05) is 0 Å². The molecule has 9 rings (SSSR count). The Labute approximate surface area is 243 Å². The molecule has 1 spiro atoms. The highest BCUT2D eigenvalue weighted by molar-refractivity contribution is 7.92. The zero-order valence-corrected chi connectivity index (χ0v) is 23.2. The number of rotatable bonds is 1. The molecule has 0 atom stereocenters. The van der Waals surface area contributed by atoms with E-state index in [1.807, 2.05) is 103 Å². The average molecular weight is 562 g/mol. The van der Waals surface area contributed by atoms with E-state index in [0.717, 1.165) is 55.7 Å². The lowest BCUT2D eigenvalue weighted by molar-refractivity contribution is 0.430. The van der Waals surface area contributed by atoms with Gasteiger partial charge in [0.1, 0.15) is 16.4 Å². The maximum Gasteiger partial charge on any atom is 0.209 e. The fourth-order valence-corrected chi connectivity index (χ4v) is 9.24. The third kappa shape index (κ3) is 2.78. The standard InChI is InChI=1S/C37H23NO3S/c39-42(40)34-21-11-7-17-29(34)37(27-15-5-9-19-32(27)41-33-20-10-6-16-28(33)37)30-23-22-26-25-14-4-8-18-31(25)38(35(26)36(30)42)24-12-2-1-3-13-24/h1-23H. The van der Waals surface area contributed by atoms with Crippen molar-refractivity contribution in [3.05, 3.63) is 162 Å². The number of hydrogen-bond acceptors (Lipinski definition) is 3. The van der Waals surface area contributed by atoms with Crippen molar-refractivity contribution in [3.8, 4) is 17.2 Å². The first kappa shape index (κ1) is 23.6. The molecule has 1 aromatic heterocycles. The van der Waals surface area contributed by atoms with E-state index in [-0.39, 0.29) is 0 Å². The highest BCUT2D eigenvalue weighted by Gasteiger charge is 2.53. The molecule has 0 fully saturated rings. The molecule has 0 radical (unpaired) electrons. The van der Waals surface area contributed by atoms with Crippen LogP contribution in [0, 0.1) is 0 Å². The van der Waals surface area contributed by atoms with Gasteiger partial charge in [0, 0.05) is 27.6 Å². The number of sulfone groups is 1. The van der Waals surface area contributed by atoms with Crippen molar-refractivity contribution in [3.63, 3.8) is 0 Å². The molecule has 0 N–H and O–H groups in total. The van der Waals surface area contributed by atoms with Crippen LogP contribution < -0.4 is 4.74 Å². The molecule has 5 heteroatoms. The van der Waals surface area contributed by atoms with Gasteiger partial charge in [0.25, 0.3) is 0 Å². The van der Waals surface area contributed by atoms with E-state index in [9.17, 15) is 8.42 Å². The van der Waals surface area contributed by atoms with Crippen LogP contribution in [0.2, 0.25) is 0 Å². The van der Waals surface area contributed by atoms with Gasteiger partial charge in [-0.3, -0.25) is 0 Å². The maximum atomic E-state index is 15.0. The van der Waals surface area contributed by atoms with Gasteiger partial charge in [-0.1, -0.05) is 103 Å². The van der Waals surface area contributed by atoms with E-state index in [1.165, 1.54) is 0 Å². The Kier molecular flexibility index (Phi) is 4.61. The van der Waals surface area contributed by atoms with Gasteiger partial charge in [-0.2, -0.15) is 0 Å². The monoisotopic (exact) mass is 561 g/mol. The largest absolute Gasteiger partial charge is 0.457 e. The number of ether oxygens (including phenoxy) is 1. The van der Waals surface area contributed by atoms with Gasteiger partial charge in [-0.05, 0) is 47.5 Å². The molecule has 3 heterocycles. The lowest BCUT2D eigenvalue weighted by Crippen LogP contribution is -2.39. The summed E-state index contributed by atoms with van der Waals surface area (Å²) >= 11 is 0. The highest BCUT2D eigenvalue weighted by atomic mass is 32.2. The molecule has 42 heavy (non-hydrogen) atoms. The first-order valence-corrected chi connectivity index (χ1v) is 15.4. The number of para-hydroxylation sites is 4. The molecular weight excluding hydrogens is 538 g/mol. The summed E-state index contributed by atoms with van der Waals surface area (Å²) in [5.74, 6) is 1.44. The fourth-order valence-electron chi connectivity index (χ4n) is 7.28. The summed E-state index contributed by atoms with van der Waals surface area (Å²) in [7, 11) is -3.95. The minimum Gasteiger partial charge on any atom is -0.457 e. The number of fused-ring (bicyclic) bond motifs is 12. The lowest BCUT2D eigenvalue weighted by atomic mass is 9.63. The van der Waals surface area contributed by atoms with Crippen LogP contribution in [0.15, 0.2) is 149 Å². The molecule has 0 bridgehead atoms. The van der Waals surface area contributed by atoms with E-state index in [0.29, 0.717) is 15.3 Å². The van der Waals surface area contributed by atoms with Gasteiger partial charge in [0.15, 0.2) is 0 Å². The molecule has 2 aliphatic heterocycles. The second-order valence-electron chi connectivity index (χ2n) is 10.9. The summed E-state index contributed by atoms with van der Waals surface area (Å²) in [5.41, 5.74) is 4.98. The van der Waals surface area contributed by atoms with Gasteiger partial charge in [-0.25, -0.2) is 8.42 Å². The molecule has 4 nitrogen and oxygen atoms in total. The molecule has 0 saturated carbocycles. The van der Waals surface area contributed by atoms with Gasteiger partial charge in [-0.15, -0.1) is 0 Å². The van der Waals surface area contributed by atoms with Crippen LogP contribution >= 0.6 is 0 Å². The second-order valence-corrected chi connectivity index (χ2v) is 12.7. The predicted octanol–water partition coefficient (Wildman–Crippen LogP) is 8.42. The molecule has 0 amide bonds. The van der Waals surface area contributed by atoms with E-state index in [4.69, 9.17) is 4.74 Å². The average Bonchev–Trinajstić information content (AvgIpc) is 3.38. The zero-order valence-electron chi connectivity index (χ0n) is 22.4. The first-order valence-electron chi connectivity index (χ1n) is 14.0. The lowest BCUT2D eigenvalue weighted by Gasteiger charge is -2.45. The fraction of sp³-hybridized carbons (Fsp3) is 0.0270. The smallest absolute Gasteiger partial charge is 0.209 e. The molecule has 0 saturated heterocycles. The van der Waals surface area contributed by atoms with Crippen LogP contribution in [0.25, 0.3) is 27.5 Å². The SMILES string of the molecule is O=S1(=O)c2ccccc2C2(c3ccccc3Oc3ccccc32)c2ccc3c4ccccc4n(-c4ccccc4)c3c21. The molecular formula is C37H23NO3S. The van der Waals surface area contributed by atoms with Crippen LogP contribution in [0.1, 0.15) is 22.3 Å². The summed E-state index contributed by atoms with van der Waals surface area (Å²) < 4.78 is 38.5. The summed E-state index contributed by atoms with van der Waals surface area (Å²) in [6.07, 6.45) is 0.